The molecule has 0 radical (unpaired) electrons. The van der Waals surface area contributed by atoms with Crippen LogP contribution in [-0.4, -0.2) is 45.6 Å². The number of pyridine rings is 1. The third kappa shape index (κ3) is 4.10. The van der Waals surface area contributed by atoms with Crippen LogP contribution in [0.2, 0.25) is 0 Å². The van der Waals surface area contributed by atoms with E-state index in [1.807, 2.05) is 24.8 Å². The molecule has 9 heteroatoms. The molecule has 1 aliphatic heterocycles. The second-order valence-electron chi connectivity index (χ2n) is 8.61. The van der Waals surface area contributed by atoms with Crippen LogP contribution in [0.3, 0.4) is 0 Å². The Morgan fingerprint density at radius 2 is 2.00 bits per heavy atom. The van der Waals surface area contributed by atoms with Crippen molar-refractivity contribution < 1.29 is 18.6 Å². The highest BCUT2D eigenvalue weighted by atomic mass is 19.3. The van der Waals surface area contributed by atoms with E-state index >= 15 is 0 Å². The highest BCUT2D eigenvalue weighted by Gasteiger charge is 2.40. The second-order valence-corrected chi connectivity index (χ2v) is 8.61. The number of benzene rings is 1. The number of aliphatic hydroxyl groups excluding tert-OH is 1. The molecule has 32 heavy (non-hydrogen) atoms. The fraction of sp³-hybridized carbons (Fsp3) is 0.435. The topological polar surface area (TPSA) is 83.4 Å². The molecular weight excluding hydrogens is 416 g/mol. The molecule has 2 fully saturated rings. The third-order valence-electron chi connectivity index (χ3n) is 5.91. The summed E-state index contributed by atoms with van der Waals surface area (Å²) >= 11 is 0. The summed E-state index contributed by atoms with van der Waals surface area (Å²) in [4.78, 5) is 6.58. The molecule has 2 aromatic heterocycles. The standard InChI is InChI=1S/C23H25F2N5O2/c1-13(15-4-3-5-16(8-15)23(24,25)32-19-6-7-19)27-22-20-9-17(30-11-18(31)12-30)10-26-21(20)14(2)28-29-22/h3-5,8-10,13,18-19,31H,6-7,11-12H2,1-2H3,(H,27,29)/t13-/m1/s1. The number of rotatable bonds is 7. The molecule has 1 saturated carbocycles. The zero-order chi connectivity index (χ0) is 22.5. The van der Waals surface area contributed by atoms with Crippen molar-refractivity contribution in [3.63, 3.8) is 0 Å². The highest BCUT2D eigenvalue weighted by molar-refractivity contribution is 5.92. The van der Waals surface area contributed by atoms with Gasteiger partial charge in [-0.3, -0.25) is 4.98 Å². The number of fused-ring (bicyclic) bond motifs is 1. The van der Waals surface area contributed by atoms with Crippen LogP contribution in [-0.2, 0) is 10.8 Å². The predicted molar refractivity (Wildman–Crippen MR) is 117 cm³/mol. The smallest absolute Gasteiger partial charge is 0.383 e. The van der Waals surface area contributed by atoms with Crippen LogP contribution < -0.4 is 10.2 Å². The number of nitrogens with zero attached hydrogens (tertiary/aromatic N) is 4. The minimum absolute atomic E-state index is 0.157. The van der Waals surface area contributed by atoms with Crippen LogP contribution in [0, 0.1) is 6.92 Å². The number of β-amino-alcohol motifs (C(OH)–C–C–N with tert-alkyl or cyclic N) is 1. The molecule has 2 aliphatic rings. The molecule has 0 bridgehead atoms. The number of ether oxygens (including phenoxy) is 1. The summed E-state index contributed by atoms with van der Waals surface area (Å²) in [5, 5.41) is 22.2. The Bertz CT molecular complexity index is 1150. The van der Waals surface area contributed by atoms with E-state index in [0.717, 1.165) is 16.6 Å². The fourth-order valence-corrected chi connectivity index (χ4v) is 3.84. The normalized spacial score (nSPS) is 18.0. The molecule has 7 nitrogen and oxygen atoms in total. The van der Waals surface area contributed by atoms with Gasteiger partial charge in [0.15, 0.2) is 5.82 Å². The third-order valence-corrected chi connectivity index (χ3v) is 5.91. The SMILES string of the molecule is Cc1nnc(N[C@H](C)c2cccc(C(F)(F)OC3CC3)c2)c2cc(N3CC(O)C3)cnc12. The predicted octanol–water partition coefficient (Wildman–Crippen LogP) is 3.92. The maximum absolute atomic E-state index is 14.5. The van der Waals surface area contributed by atoms with Gasteiger partial charge < -0.3 is 20.1 Å². The molecule has 0 unspecified atom stereocenters. The molecule has 2 N–H and O–H groups in total. The number of aliphatic hydroxyl groups is 1. The Labute approximate surface area is 184 Å². The van der Waals surface area contributed by atoms with Crippen molar-refractivity contribution in [2.24, 2.45) is 0 Å². The van der Waals surface area contributed by atoms with Crippen LogP contribution in [0.1, 0.15) is 42.6 Å². The molecule has 1 atom stereocenters. The maximum atomic E-state index is 14.5. The van der Waals surface area contributed by atoms with E-state index < -0.39 is 6.11 Å². The Kier molecular flexibility index (Phi) is 5.17. The summed E-state index contributed by atoms with van der Waals surface area (Å²) in [5.41, 5.74) is 2.84. The van der Waals surface area contributed by atoms with E-state index in [2.05, 4.69) is 20.5 Å². The van der Waals surface area contributed by atoms with Gasteiger partial charge in [0, 0.05) is 18.5 Å². The summed E-state index contributed by atoms with van der Waals surface area (Å²) < 4.78 is 33.8. The lowest BCUT2D eigenvalue weighted by Crippen LogP contribution is -2.50. The molecule has 5 rings (SSSR count). The van der Waals surface area contributed by atoms with Gasteiger partial charge >= 0.3 is 6.11 Å². The number of aryl methyl sites for hydroxylation is 1. The van der Waals surface area contributed by atoms with E-state index in [-0.39, 0.29) is 23.8 Å². The maximum Gasteiger partial charge on any atom is 0.383 e. The Hall–Kier alpha value is -2.91. The minimum Gasteiger partial charge on any atom is -0.389 e. The molecule has 0 amide bonds. The van der Waals surface area contributed by atoms with Crippen LogP contribution in [0.15, 0.2) is 36.5 Å². The van der Waals surface area contributed by atoms with Gasteiger partial charge in [-0.25, -0.2) is 0 Å². The van der Waals surface area contributed by atoms with Gasteiger partial charge in [0.25, 0.3) is 0 Å². The lowest BCUT2D eigenvalue weighted by Gasteiger charge is -2.37. The Morgan fingerprint density at radius 1 is 1.22 bits per heavy atom. The van der Waals surface area contributed by atoms with E-state index in [1.165, 1.54) is 12.1 Å². The number of hydrogen-bond donors (Lipinski definition) is 2. The molecule has 1 aromatic carbocycles. The highest BCUT2D eigenvalue weighted by Crippen LogP contribution is 2.38. The van der Waals surface area contributed by atoms with Crippen molar-refractivity contribution in [3.05, 3.63) is 53.3 Å². The Morgan fingerprint density at radius 3 is 2.72 bits per heavy atom. The molecule has 168 valence electrons. The van der Waals surface area contributed by atoms with Gasteiger partial charge in [-0.2, -0.15) is 13.9 Å². The first-order valence-corrected chi connectivity index (χ1v) is 10.8. The zero-order valence-corrected chi connectivity index (χ0v) is 17.9. The van der Waals surface area contributed by atoms with Crippen LogP contribution in [0.4, 0.5) is 20.3 Å². The minimum atomic E-state index is -3.31. The first kappa shape index (κ1) is 21.0. The monoisotopic (exact) mass is 441 g/mol. The number of nitrogens with one attached hydrogen (secondary N) is 1. The Balaban J connectivity index is 1.42. The molecular formula is C23H25F2N5O2. The van der Waals surface area contributed by atoms with Gasteiger partial charge in [0.2, 0.25) is 0 Å². The van der Waals surface area contributed by atoms with Gasteiger partial charge in [0.05, 0.1) is 46.9 Å². The van der Waals surface area contributed by atoms with Gasteiger partial charge in [0.1, 0.15) is 0 Å². The van der Waals surface area contributed by atoms with E-state index in [0.29, 0.717) is 43.0 Å². The summed E-state index contributed by atoms with van der Waals surface area (Å²) in [6.45, 7) is 4.85. The number of hydrogen-bond acceptors (Lipinski definition) is 7. The zero-order valence-electron chi connectivity index (χ0n) is 17.9. The average Bonchev–Trinajstić information content (AvgIpc) is 3.56. The largest absolute Gasteiger partial charge is 0.389 e. The molecule has 3 aromatic rings. The number of aromatic nitrogens is 3. The van der Waals surface area contributed by atoms with Crippen LogP contribution >= 0.6 is 0 Å². The number of anilines is 2. The van der Waals surface area contributed by atoms with Gasteiger partial charge in [-0.05, 0) is 44.4 Å². The van der Waals surface area contributed by atoms with Crippen molar-refractivity contribution in [1.82, 2.24) is 15.2 Å². The summed E-state index contributed by atoms with van der Waals surface area (Å²) in [6, 6.07) is 7.93. The average molecular weight is 441 g/mol. The van der Waals surface area contributed by atoms with Crippen molar-refractivity contribution in [3.8, 4) is 0 Å². The fourth-order valence-electron chi connectivity index (χ4n) is 3.84. The van der Waals surface area contributed by atoms with Gasteiger partial charge in [-0.15, -0.1) is 5.10 Å². The number of alkyl halides is 2. The lowest BCUT2D eigenvalue weighted by atomic mass is 10.0. The van der Waals surface area contributed by atoms with Crippen molar-refractivity contribution in [2.45, 2.75) is 51.0 Å². The molecule has 0 spiro atoms. The quantitative estimate of drug-likeness (QED) is 0.575. The van der Waals surface area contributed by atoms with E-state index in [4.69, 9.17) is 4.74 Å². The van der Waals surface area contributed by atoms with Crippen molar-refractivity contribution >= 4 is 22.4 Å². The summed E-state index contributed by atoms with van der Waals surface area (Å²) in [6.07, 6.45) is -0.866. The van der Waals surface area contributed by atoms with Crippen LogP contribution in [0.5, 0.6) is 0 Å². The first-order chi connectivity index (χ1) is 15.3. The lowest BCUT2D eigenvalue weighted by molar-refractivity contribution is -0.255. The van der Waals surface area contributed by atoms with Crippen molar-refractivity contribution in [1.29, 1.82) is 0 Å². The molecule has 1 aliphatic carbocycles. The molecule has 3 heterocycles. The second kappa shape index (κ2) is 7.90. The summed E-state index contributed by atoms with van der Waals surface area (Å²) in [7, 11) is 0. The van der Waals surface area contributed by atoms with Crippen LogP contribution in [0.25, 0.3) is 10.9 Å². The van der Waals surface area contributed by atoms with E-state index in [1.54, 1.807) is 18.3 Å². The first-order valence-electron chi connectivity index (χ1n) is 10.8. The van der Waals surface area contributed by atoms with Crippen molar-refractivity contribution in [2.75, 3.05) is 23.3 Å². The number of halogens is 2. The van der Waals surface area contributed by atoms with E-state index in [9.17, 15) is 13.9 Å². The summed E-state index contributed by atoms with van der Waals surface area (Å²) in [5.74, 6) is 0.528. The van der Waals surface area contributed by atoms with Gasteiger partial charge in [-0.1, -0.05) is 18.2 Å². The molecule has 1 saturated heterocycles.